The van der Waals surface area contributed by atoms with Crippen LogP contribution in [0, 0.1) is 12.7 Å². The van der Waals surface area contributed by atoms with Crippen LogP contribution in [-0.2, 0) is 0 Å². The summed E-state index contributed by atoms with van der Waals surface area (Å²) in [6.45, 7) is 3.97. The summed E-state index contributed by atoms with van der Waals surface area (Å²) in [5.41, 5.74) is 6.36. The van der Waals surface area contributed by atoms with Crippen LogP contribution in [0.4, 0.5) is 10.1 Å². The number of anilines is 1. The van der Waals surface area contributed by atoms with Gasteiger partial charge in [-0.2, -0.15) is 0 Å². The van der Waals surface area contributed by atoms with Crippen molar-refractivity contribution in [2.24, 2.45) is 0 Å². The van der Waals surface area contributed by atoms with E-state index in [0.29, 0.717) is 17.8 Å². The van der Waals surface area contributed by atoms with E-state index in [1.807, 2.05) is 19.1 Å². The number of aryl methyl sites for hydroxylation is 1. The van der Waals surface area contributed by atoms with Gasteiger partial charge in [0, 0.05) is 12.2 Å². The topological polar surface area (TPSA) is 55.1 Å². The molecule has 3 N–H and O–H groups in total. The van der Waals surface area contributed by atoms with Crippen molar-refractivity contribution >= 4 is 11.6 Å². The second-order valence-electron chi connectivity index (χ2n) is 3.81. The Morgan fingerprint density at radius 2 is 2.24 bits per heavy atom. The van der Waals surface area contributed by atoms with E-state index in [1.165, 1.54) is 12.1 Å². The summed E-state index contributed by atoms with van der Waals surface area (Å²) in [7, 11) is 0. The molecule has 1 amide bonds. The number of nitrogen functional groups attached to an aromatic ring is 1. The minimum atomic E-state index is -0.511. The van der Waals surface area contributed by atoms with Crippen LogP contribution in [0.1, 0.15) is 29.3 Å². The molecule has 17 heavy (non-hydrogen) atoms. The van der Waals surface area contributed by atoms with E-state index in [9.17, 15) is 9.18 Å². The van der Waals surface area contributed by atoms with Crippen molar-refractivity contribution in [1.29, 1.82) is 0 Å². The Morgan fingerprint density at radius 1 is 1.53 bits per heavy atom. The van der Waals surface area contributed by atoms with Crippen molar-refractivity contribution in [1.82, 2.24) is 5.32 Å². The first-order valence-corrected chi connectivity index (χ1v) is 5.51. The average molecular weight is 236 g/mol. The minimum absolute atomic E-state index is 0.00276. The van der Waals surface area contributed by atoms with Crippen molar-refractivity contribution in [2.45, 2.75) is 20.3 Å². The fraction of sp³-hybridized carbons (Fsp3) is 0.308. The molecular weight excluding hydrogens is 219 g/mol. The van der Waals surface area contributed by atoms with Gasteiger partial charge in [0.1, 0.15) is 5.82 Å². The highest BCUT2D eigenvalue weighted by Gasteiger charge is 2.13. The summed E-state index contributed by atoms with van der Waals surface area (Å²) in [6, 6.07) is 2.86. The van der Waals surface area contributed by atoms with E-state index in [-0.39, 0.29) is 5.56 Å². The van der Waals surface area contributed by atoms with Gasteiger partial charge in [-0.05, 0) is 38.0 Å². The summed E-state index contributed by atoms with van der Waals surface area (Å²) in [5.74, 6) is -0.940. The van der Waals surface area contributed by atoms with Crippen LogP contribution in [0.15, 0.2) is 24.3 Å². The maximum absolute atomic E-state index is 13.7. The van der Waals surface area contributed by atoms with Crippen LogP contribution in [0.2, 0.25) is 0 Å². The quantitative estimate of drug-likeness (QED) is 0.479. The van der Waals surface area contributed by atoms with Crippen LogP contribution in [0.25, 0.3) is 0 Å². The summed E-state index contributed by atoms with van der Waals surface area (Å²) in [5, 5.41) is 2.64. The monoisotopic (exact) mass is 236 g/mol. The van der Waals surface area contributed by atoms with E-state index >= 15 is 0 Å². The third kappa shape index (κ3) is 3.59. The molecule has 0 spiro atoms. The normalized spacial score (nSPS) is 10.8. The number of benzene rings is 1. The molecule has 0 unspecified atom stereocenters. The number of halogens is 1. The molecule has 1 rings (SSSR count). The molecule has 0 aliphatic heterocycles. The van der Waals surface area contributed by atoms with Gasteiger partial charge >= 0.3 is 0 Å². The fourth-order valence-electron chi connectivity index (χ4n) is 1.49. The second-order valence-corrected chi connectivity index (χ2v) is 3.81. The van der Waals surface area contributed by atoms with Crippen molar-refractivity contribution in [3.8, 4) is 0 Å². The molecule has 1 aromatic carbocycles. The summed E-state index contributed by atoms with van der Waals surface area (Å²) in [4.78, 5) is 11.7. The van der Waals surface area contributed by atoms with Gasteiger partial charge in [0.15, 0.2) is 0 Å². The van der Waals surface area contributed by atoms with E-state index < -0.39 is 11.7 Å². The third-order valence-corrected chi connectivity index (χ3v) is 2.35. The van der Waals surface area contributed by atoms with Crippen molar-refractivity contribution in [3.05, 3.63) is 41.2 Å². The third-order valence-electron chi connectivity index (χ3n) is 2.35. The molecular formula is C13H17FN2O. The van der Waals surface area contributed by atoms with Gasteiger partial charge in [-0.15, -0.1) is 0 Å². The molecule has 3 nitrogen and oxygen atoms in total. The first-order chi connectivity index (χ1) is 8.06. The molecule has 0 saturated carbocycles. The molecule has 0 aliphatic carbocycles. The molecule has 0 aliphatic rings. The van der Waals surface area contributed by atoms with Gasteiger partial charge in [0.25, 0.3) is 5.91 Å². The fourth-order valence-corrected chi connectivity index (χ4v) is 1.49. The first-order valence-electron chi connectivity index (χ1n) is 5.51. The number of hydrogen-bond donors (Lipinski definition) is 2. The number of rotatable bonds is 4. The lowest BCUT2D eigenvalue weighted by atomic mass is 10.1. The number of carbonyl (C=O) groups excluding carboxylic acids is 1. The zero-order valence-electron chi connectivity index (χ0n) is 10.1. The molecule has 0 fully saturated rings. The van der Waals surface area contributed by atoms with E-state index in [2.05, 4.69) is 5.32 Å². The highest BCUT2D eigenvalue weighted by Crippen LogP contribution is 2.16. The van der Waals surface area contributed by atoms with Crippen molar-refractivity contribution in [2.75, 3.05) is 12.3 Å². The van der Waals surface area contributed by atoms with Crippen LogP contribution < -0.4 is 11.1 Å². The van der Waals surface area contributed by atoms with Crippen molar-refractivity contribution in [3.63, 3.8) is 0 Å². The van der Waals surface area contributed by atoms with Gasteiger partial charge in [0.2, 0.25) is 0 Å². The average Bonchev–Trinajstić information content (AvgIpc) is 2.29. The summed E-state index contributed by atoms with van der Waals surface area (Å²) >= 11 is 0. The maximum Gasteiger partial charge on any atom is 0.254 e. The molecule has 0 atom stereocenters. The van der Waals surface area contributed by atoms with Gasteiger partial charge in [0.05, 0.1) is 5.56 Å². The van der Waals surface area contributed by atoms with E-state index in [1.54, 1.807) is 6.92 Å². The van der Waals surface area contributed by atoms with Gasteiger partial charge in [-0.25, -0.2) is 4.39 Å². The number of amides is 1. The highest BCUT2D eigenvalue weighted by atomic mass is 19.1. The van der Waals surface area contributed by atoms with Crippen LogP contribution in [-0.4, -0.2) is 12.5 Å². The SMILES string of the molecule is C/C=C/CCNC(=O)c1cc(N)cc(C)c1F. The predicted octanol–water partition coefficient (Wildman–Crippen LogP) is 2.41. The molecule has 4 heteroatoms. The number of nitrogens with one attached hydrogen (secondary N) is 1. The Kier molecular flexibility index (Phi) is 4.69. The van der Waals surface area contributed by atoms with E-state index in [0.717, 1.165) is 6.42 Å². The number of hydrogen-bond acceptors (Lipinski definition) is 2. The van der Waals surface area contributed by atoms with Crippen LogP contribution in [0.3, 0.4) is 0 Å². The molecule has 0 bridgehead atoms. The van der Waals surface area contributed by atoms with E-state index in [4.69, 9.17) is 5.73 Å². The lowest BCUT2D eigenvalue weighted by Crippen LogP contribution is -2.25. The number of carbonyl (C=O) groups is 1. The van der Waals surface area contributed by atoms with Gasteiger partial charge < -0.3 is 11.1 Å². The Labute approximate surface area is 101 Å². The lowest BCUT2D eigenvalue weighted by Gasteiger charge is -2.07. The zero-order chi connectivity index (χ0) is 12.8. The summed E-state index contributed by atoms with van der Waals surface area (Å²) < 4.78 is 13.7. The summed E-state index contributed by atoms with van der Waals surface area (Å²) in [6.07, 6.45) is 4.56. The Balaban J connectivity index is 2.75. The van der Waals surface area contributed by atoms with Crippen LogP contribution in [0.5, 0.6) is 0 Å². The molecule has 0 radical (unpaired) electrons. The van der Waals surface area contributed by atoms with Crippen molar-refractivity contribution < 1.29 is 9.18 Å². The number of allylic oxidation sites excluding steroid dienone is 1. The molecule has 1 aromatic rings. The Hall–Kier alpha value is -1.84. The van der Waals surface area contributed by atoms with Gasteiger partial charge in [-0.3, -0.25) is 4.79 Å². The second kappa shape index (κ2) is 6.03. The largest absolute Gasteiger partial charge is 0.399 e. The molecule has 0 heterocycles. The maximum atomic E-state index is 13.7. The van der Waals surface area contributed by atoms with Crippen LogP contribution >= 0.6 is 0 Å². The Morgan fingerprint density at radius 3 is 2.88 bits per heavy atom. The zero-order valence-corrected chi connectivity index (χ0v) is 10.1. The molecule has 0 aromatic heterocycles. The molecule has 0 saturated heterocycles. The standard InChI is InChI=1S/C13H17FN2O/c1-3-4-5-6-16-13(17)11-8-10(15)7-9(2)12(11)14/h3-4,7-8H,5-6,15H2,1-2H3,(H,16,17)/b4-3+. The predicted molar refractivity (Wildman–Crippen MR) is 67.3 cm³/mol. The first kappa shape index (κ1) is 13.2. The highest BCUT2D eigenvalue weighted by molar-refractivity contribution is 5.95. The minimum Gasteiger partial charge on any atom is -0.399 e. The smallest absolute Gasteiger partial charge is 0.254 e. The lowest BCUT2D eigenvalue weighted by molar-refractivity contribution is 0.0950. The Bertz CT molecular complexity index is 441. The number of nitrogens with two attached hydrogens (primary N) is 1. The molecule has 92 valence electrons. The van der Waals surface area contributed by atoms with Gasteiger partial charge in [-0.1, -0.05) is 12.2 Å².